The van der Waals surface area contributed by atoms with Gasteiger partial charge in [-0.15, -0.1) is 0 Å². The zero-order valence-corrected chi connectivity index (χ0v) is 15.7. The number of hydrogen-bond acceptors (Lipinski definition) is 3. The van der Waals surface area contributed by atoms with Crippen molar-refractivity contribution < 1.29 is 4.79 Å². The van der Waals surface area contributed by atoms with Crippen LogP contribution in [0.25, 0.3) is 11.4 Å². The lowest BCUT2D eigenvalue weighted by molar-refractivity contribution is 0.101. The zero-order chi connectivity index (χ0) is 18.3. The van der Waals surface area contributed by atoms with Crippen LogP contribution in [0.15, 0.2) is 30.9 Å². The minimum absolute atomic E-state index is 0.0923. The maximum atomic E-state index is 12.1. The SMILES string of the molecule is CC(=O)c1c(C)cc(C)c(-c2nccn2C(C)c2cnn(C)c2)c1C. The highest BCUT2D eigenvalue weighted by molar-refractivity contribution is 5.99. The summed E-state index contributed by atoms with van der Waals surface area (Å²) in [5.74, 6) is 0.975. The normalized spacial score (nSPS) is 12.4. The Kier molecular flexibility index (Phi) is 4.33. The van der Waals surface area contributed by atoms with Gasteiger partial charge in [0.2, 0.25) is 0 Å². The van der Waals surface area contributed by atoms with Gasteiger partial charge in [-0.2, -0.15) is 5.10 Å². The second-order valence-electron chi connectivity index (χ2n) is 6.72. The molecule has 0 amide bonds. The van der Waals surface area contributed by atoms with Gasteiger partial charge in [-0.3, -0.25) is 9.48 Å². The average Bonchev–Trinajstić information content (AvgIpc) is 3.15. The van der Waals surface area contributed by atoms with E-state index in [9.17, 15) is 4.79 Å². The van der Waals surface area contributed by atoms with E-state index in [1.807, 2.05) is 45.7 Å². The molecule has 0 aliphatic rings. The molecule has 0 bridgehead atoms. The van der Waals surface area contributed by atoms with Crippen molar-refractivity contribution in [3.05, 3.63) is 58.7 Å². The van der Waals surface area contributed by atoms with Crippen LogP contribution in [-0.4, -0.2) is 25.1 Å². The molecule has 0 aliphatic heterocycles. The topological polar surface area (TPSA) is 52.7 Å². The minimum Gasteiger partial charge on any atom is -0.324 e. The Morgan fingerprint density at radius 3 is 2.52 bits per heavy atom. The van der Waals surface area contributed by atoms with E-state index in [4.69, 9.17) is 0 Å². The molecular weight excluding hydrogens is 312 g/mol. The van der Waals surface area contributed by atoms with Crippen LogP contribution in [0.4, 0.5) is 0 Å². The van der Waals surface area contributed by atoms with Crippen molar-refractivity contribution in [2.24, 2.45) is 7.05 Å². The van der Waals surface area contributed by atoms with E-state index < -0.39 is 0 Å². The maximum Gasteiger partial charge on any atom is 0.160 e. The maximum absolute atomic E-state index is 12.1. The third kappa shape index (κ3) is 2.90. The molecule has 5 heteroatoms. The molecule has 0 saturated carbocycles. The fourth-order valence-electron chi connectivity index (χ4n) is 3.71. The predicted molar refractivity (Wildman–Crippen MR) is 98.9 cm³/mol. The lowest BCUT2D eigenvalue weighted by Gasteiger charge is -2.20. The van der Waals surface area contributed by atoms with Gasteiger partial charge in [0.1, 0.15) is 5.82 Å². The molecule has 3 aromatic rings. The number of imidazole rings is 1. The summed E-state index contributed by atoms with van der Waals surface area (Å²) in [4.78, 5) is 16.7. The molecule has 5 nitrogen and oxygen atoms in total. The Hall–Kier alpha value is -2.69. The molecule has 0 saturated heterocycles. The molecule has 3 rings (SSSR count). The van der Waals surface area contributed by atoms with Crippen LogP contribution in [0.3, 0.4) is 0 Å². The molecule has 0 fully saturated rings. The first-order valence-electron chi connectivity index (χ1n) is 8.44. The summed E-state index contributed by atoms with van der Waals surface area (Å²) in [6, 6.07) is 2.18. The lowest BCUT2D eigenvalue weighted by atomic mass is 9.91. The Bertz CT molecular complexity index is 949. The first kappa shape index (κ1) is 17.1. The molecule has 25 heavy (non-hydrogen) atoms. The fourth-order valence-corrected chi connectivity index (χ4v) is 3.71. The summed E-state index contributed by atoms with van der Waals surface area (Å²) in [6.07, 6.45) is 7.70. The van der Waals surface area contributed by atoms with E-state index in [1.54, 1.807) is 11.6 Å². The number of ketones is 1. The fraction of sp³-hybridized carbons (Fsp3) is 0.350. The Labute approximate surface area is 148 Å². The van der Waals surface area contributed by atoms with Crippen LogP contribution < -0.4 is 0 Å². The van der Waals surface area contributed by atoms with Crippen molar-refractivity contribution in [2.45, 2.75) is 40.7 Å². The van der Waals surface area contributed by atoms with Crippen LogP contribution in [-0.2, 0) is 7.05 Å². The van der Waals surface area contributed by atoms with Gasteiger partial charge < -0.3 is 4.57 Å². The van der Waals surface area contributed by atoms with Crippen molar-refractivity contribution in [3.63, 3.8) is 0 Å². The van der Waals surface area contributed by atoms with Gasteiger partial charge in [-0.05, 0) is 51.3 Å². The van der Waals surface area contributed by atoms with Crippen LogP contribution in [0, 0.1) is 20.8 Å². The molecule has 0 radical (unpaired) electrons. The molecule has 2 aromatic heterocycles. The molecule has 1 aromatic carbocycles. The second kappa shape index (κ2) is 6.31. The number of rotatable bonds is 4. The summed E-state index contributed by atoms with van der Waals surface area (Å²) in [5, 5.41) is 4.27. The van der Waals surface area contributed by atoms with Gasteiger partial charge >= 0.3 is 0 Å². The predicted octanol–water partition coefficient (Wildman–Crippen LogP) is 4.02. The minimum atomic E-state index is 0.0923. The van der Waals surface area contributed by atoms with E-state index >= 15 is 0 Å². The van der Waals surface area contributed by atoms with Gasteiger partial charge in [0.25, 0.3) is 0 Å². The molecule has 0 aliphatic carbocycles. The number of benzene rings is 1. The Balaban J connectivity index is 2.18. The average molecular weight is 336 g/mol. The highest BCUT2D eigenvalue weighted by Gasteiger charge is 2.21. The molecule has 2 heterocycles. The smallest absolute Gasteiger partial charge is 0.160 e. The second-order valence-corrected chi connectivity index (χ2v) is 6.72. The van der Waals surface area contributed by atoms with Gasteiger partial charge in [0.15, 0.2) is 5.78 Å². The lowest BCUT2D eigenvalue weighted by Crippen LogP contribution is -2.10. The number of aryl methyl sites for hydroxylation is 3. The van der Waals surface area contributed by atoms with Gasteiger partial charge in [0, 0.05) is 42.3 Å². The summed E-state index contributed by atoms with van der Waals surface area (Å²) in [5.41, 5.74) is 6.10. The number of carbonyl (C=O) groups excluding carboxylic acids is 1. The summed E-state index contributed by atoms with van der Waals surface area (Å²) in [7, 11) is 1.92. The van der Waals surface area contributed by atoms with E-state index in [1.165, 1.54) is 0 Å². The number of hydrogen-bond donors (Lipinski definition) is 0. The third-order valence-corrected chi connectivity index (χ3v) is 4.84. The highest BCUT2D eigenvalue weighted by atomic mass is 16.1. The van der Waals surface area contributed by atoms with Crippen molar-refractivity contribution in [2.75, 3.05) is 0 Å². The van der Waals surface area contributed by atoms with E-state index in [0.29, 0.717) is 0 Å². The van der Waals surface area contributed by atoms with Gasteiger partial charge in [-0.25, -0.2) is 4.98 Å². The van der Waals surface area contributed by atoms with Crippen molar-refractivity contribution >= 4 is 5.78 Å². The molecular formula is C20H24N4O. The first-order chi connectivity index (χ1) is 11.8. The summed E-state index contributed by atoms with van der Waals surface area (Å²) >= 11 is 0. The van der Waals surface area contributed by atoms with Crippen molar-refractivity contribution in [1.82, 2.24) is 19.3 Å². The highest BCUT2D eigenvalue weighted by Crippen LogP contribution is 2.33. The quantitative estimate of drug-likeness (QED) is 0.676. The molecule has 1 atom stereocenters. The number of carbonyl (C=O) groups is 1. The van der Waals surface area contributed by atoms with E-state index in [0.717, 1.165) is 39.2 Å². The summed E-state index contributed by atoms with van der Waals surface area (Å²) < 4.78 is 3.95. The van der Waals surface area contributed by atoms with Gasteiger partial charge in [0.05, 0.1) is 12.2 Å². The van der Waals surface area contributed by atoms with E-state index in [-0.39, 0.29) is 11.8 Å². The van der Waals surface area contributed by atoms with Crippen LogP contribution in [0.2, 0.25) is 0 Å². The first-order valence-corrected chi connectivity index (χ1v) is 8.44. The number of Topliss-reactive ketones (excluding diaryl/α,β-unsaturated/α-hetero) is 1. The monoisotopic (exact) mass is 336 g/mol. The van der Waals surface area contributed by atoms with Crippen LogP contribution in [0.1, 0.15) is 52.5 Å². The Morgan fingerprint density at radius 2 is 1.92 bits per heavy atom. The summed E-state index contributed by atoms with van der Waals surface area (Å²) in [6.45, 7) is 9.84. The molecule has 0 spiro atoms. The van der Waals surface area contributed by atoms with Crippen molar-refractivity contribution in [3.8, 4) is 11.4 Å². The third-order valence-electron chi connectivity index (χ3n) is 4.84. The standard InChI is InChI=1S/C20H24N4O/c1-12-9-13(2)19(14(3)18(12)16(5)25)20-21-7-8-24(20)15(4)17-10-22-23(6)11-17/h7-11,15H,1-6H3. The van der Waals surface area contributed by atoms with Gasteiger partial charge in [-0.1, -0.05) is 6.07 Å². The number of nitrogens with zero attached hydrogens (tertiary/aromatic N) is 4. The van der Waals surface area contributed by atoms with Crippen LogP contribution in [0.5, 0.6) is 0 Å². The van der Waals surface area contributed by atoms with Crippen LogP contribution >= 0.6 is 0 Å². The Morgan fingerprint density at radius 1 is 1.20 bits per heavy atom. The molecule has 0 N–H and O–H groups in total. The largest absolute Gasteiger partial charge is 0.324 e. The van der Waals surface area contributed by atoms with Crippen molar-refractivity contribution in [1.29, 1.82) is 0 Å². The molecule has 130 valence electrons. The number of aromatic nitrogens is 4. The van der Waals surface area contributed by atoms with E-state index in [2.05, 4.69) is 34.6 Å². The molecule has 1 unspecified atom stereocenters. The zero-order valence-electron chi connectivity index (χ0n) is 15.7.